The molecule has 0 radical (unpaired) electrons. The maximum absolute atomic E-state index is 6.24. The predicted molar refractivity (Wildman–Crippen MR) is 84.1 cm³/mol. The van der Waals surface area contributed by atoms with E-state index in [1.165, 1.54) is 17.5 Å². The summed E-state index contributed by atoms with van der Waals surface area (Å²) in [5.74, 6) is 1.57. The minimum absolute atomic E-state index is 0.0353. The molecule has 0 fully saturated rings. The lowest BCUT2D eigenvalue weighted by atomic mass is 9.75. The Bertz CT molecular complexity index is 458. The molecule has 0 amide bonds. The van der Waals surface area contributed by atoms with Gasteiger partial charge in [0.1, 0.15) is 5.75 Å². The lowest BCUT2D eigenvalue weighted by Gasteiger charge is -2.46. The summed E-state index contributed by atoms with van der Waals surface area (Å²) >= 11 is 0. The van der Waals surface area contributed by atoms with Gasteiger partial charge in [-0.2, -0.15) is 0 Å². The predicted octanol–water partition coefficient (Wildman–Crippen LogP) is 2.77. The van der Waals surface area contributed by atoms with Crippen molar-refractivity contribution in [1.82, 2.24) is 4.90 Å². The first kappa shape index (κ1) is 15.3. The summed E-state index contributed by atoms with van der Waals surface area (Å²) in [6.45, 7) is 6.25. The van der Waals surface area contributed by atoms with Gasteiger partial charge in [-0.1, -0.05) is 19.9 Å². The van der Waals surface area contributed by atoms with Crippen molar-refractivity contribution in [3.8, 4) is 5.75 Å². The van der Waals surface area contributed by atoms with E-state index in [4.69, 9.17) is 10.5 Å². The highest BCUT2D eigenvalue weighted by molar-refractivity contribution is 5.42. The lowest BCUT2D eigenvalue weighted by Crippen LogP contribution is -2.52. The number of likely N-dealkylation sites (N-methyl/N-ethyl adjacent to an activating group) is 1. The van der Waals surface area contributed by atoms with Crippen LogP contribution in [0, 0.1) is 5.92 Å². The van der Waals surface area contributed by atoms with Crippen LogP contribution in [0.5, 0.6) is 5.75 Å². The molecule has 0 spiro atoms. The Balaban J connectivity index is 2.45. The number of rotatable bonds is 5. The van der Waals surface area contributed by atoms with Crippen molar-refractivity contribution in [1.29, 1.82) is 0 Å². The average Bonchev–Trinajstić information content (AvgIpc) is 2.45. The molecule has 1 atom stereocenters. The molecule has 0 aliphatic heterocycles. The average molecular weight is 276 g/mol. The third-order valence-electron chi connectivity index (χ3n) is 4.56. The van der Waals surface area contributed by atoms with Crippen molar-refractivity contribution in [2.75, 3.05) is 27.2 Å². The van der Waals surface area contributed by atoms with E-state index in [9.17, 15) is 0 Å². The molecule has 2 N–H and O–H groups in total. The molecule has 1 aliphatic rings. The van der Waals surface area contributed by atoms with E-state index >= 15 is 0 Å². The number of nitrogens with two attached hydrogens (primary N) is 1. The second kappa shape index (κ2) is 6.15. The van der Waals surface area contributed by atoms with Crippen LogP contribution >= 0.6 is 0 Å². The van der Waals surface area contributed by atoms with Crippen LogP contribution in [-0.2, 0) is 12.0 Å². The second-order valence-electron chi connectivity index (χ2n) is 6.39. The Morgan fingerprint density at radius 3 is 2.75 bits per heavy atom. The molecular weight excluding hydrogens is 248 g/mol. The van der Waals surface area contributed by atoms with E-state index in [-0.39, 0.29) is 5.54 Å². The highest BCUT2D eigenvalue weighted by Crippen LogP contribution is 2.40. The number of ether oxygens (including phenoxy) is 1. The Morgan fingerprint density at radius 2 is 2.15 bits per heavy atom. The van der Waals surface area contributed by atoms with E-state index < -0.39 is 0 Å². The molecule has 112 valence electrons. The molecule has 1 aromatic carbocycles. The van der Waals surface area contributed by atoms with Gasteiger partial charge in [-0.05, 0) is 55.5 Å². The lowest BCUT2D eigenvalue weighted by molar-refractivity contribution is 0.0905. The zero-order chi connectivity index (χ0) is 14.8. The standard InChI is InChI=1S/C17H28N2O/c1-13(2)11-19(3)17(12-18)9-5-6-14-7-8-15(20-4)10-16(14)17/h7-8,10,13H,5-6,9,11-12,18H2,1-4H3. The number of nitrogens with zero attached hydrogens (tertiary/aromatic N) is 1. The summed E-state index contributed by atoms with van der Waals surface area (Å²) in [6.07, 6.45) is 3.49. The van der Waals surface area contributed by atoms with Gasteiger partial charge in [-0.25, -0.2) is 0 Å². The van der Waals surface area contributed by atoms with Crippen molar-refractivity contribution >= 4 is 0 Å². The van der Waals surface area contributed by atoms with Gasteiger partial charge in [0.2, 0.25) is 0 Å². The SMILES string of the molecule is COc1ccc2c(c1)C(CN)(N(C)CC(C)C)CCC2. The van der Waals surface area contributed by atoms with E-state index in [0.717, 1.165) is 25.1 Å². The number of benzene rings is 1. The number of hydrogen-bond acceptors (Lipinski definition) is 3. The molecule has 1 aliphatic carbocycles. The van der Waals surface area contributed by atoms with Crippen LogP contribution in [0.15, 0.2) is 18.2 Å². The fraction of sp³-hybridized carbons (Fsp3) is 0.647. The first-order valence-corrected chi connectivity index (χ1v) is 7.62. The highest BCUT2D eigenvalue weighted by atomic mass is 16.5. The smallest absolute Gasteiger partial charge is 0.119 e. The molecule has 0 heterocycles. The van der Waals surface area contributed by atoms with Gasteiger partial charge in [0.15, 0.2) is 0 Å². The van der Waals surface area contributed by atoms with Crippen molar-refractivity contribution in [2.24, 2.45) is 11.7 Å². The van der Waals surface area contributed by atoms with Gasteiger partial charge < -0.3 is 10.5 Å². The van der Waals surface area contributed by atoms with Crippen LogP contribution in [0.2, 0.25) is 0 Å². The van der Waals surface area contributed by atoms with Crippen molar-refractivity contribution in [2.45, 2.75) is 38.6 Å². The van der Waals surface area contributed by atoms with Crippen molar-refractivity contribution < 1.29 is 4.74 Å². The third kappa shape index (κ3) is 2.70. The molecule has 1 unspecified atom stereocenters. The summed E-state index contributed by atoms with van der Waals surface area (Å²) in [6, 6.07) is 6.47. The molecule has 0 saturated carbocycles. The third-order valence-corrected chi connectivity index (χ3v) is 4.56. The minimum Gasteiger partial charge on any atom is -0.497 e. The van der Waals surface area contributed by atoms with Crippen molar-refractivity contribution in [3.63, 3.8) is 0 Å². The maximum atomic E-state index is 6.24. The Morgan fingerprint density at radius 1 is 1.40 bits per heavy atom. The van der Waals surface area contributed by atoms with Gasteiger partial charge in [0.05, 0.1) is 12.6 Å². The van der Waals surface area contributed by atoms with E-state index in [1.54, 1.807) is 7.11 Å². The fourth-order valence-electron chi connectivity index (χ4n) is 3.53. The largest absolute Gasteiger partial charge is 0.497 e. The highest BCUT2D eigenvalue weighted by Gasteiger charge is 2.39. The molecule has 3 nitrogen and oxygen atoms in total. The second-order valence-corrected chi connectivity index (χ2v) is 6.39. The quantitative estimate of drug-likeness (QED) is 0.898. The molecule has 3 heteroatoms. The normalized spacial score (nSPS) is 22.1. The summed E-state index contributed by atoms with van der Waals surface area (Å²) in [5, 5.41) is 0. The van der Waals surface area contributed by atoms with Gasteiger partial charge in [-0.3, -0.25) is 4.90 Å². The Hall–Kier alpha value is -1.06. The summed E-state index contributed by atoms with van der Waals surface area (Å²) < 4.78 is 5.42. The molecule has 0 bridgehead atoms. The summed E-state index contributed by atoms with van der Waals surface area (Å²) in [7, 11) is 3.94. The monoisotopic (exact) mass is 276 g/mol. The molecule has 0 aromatic heterocycles. The van der Waals surface area contributed by atoms with Crippen LogP contribution < -0.4 is 10.5 Å². The maximum Gasteiger partial charge on any atom is 0.119 e. The Kier molecular flexibility index (Phi) is 4.71. The zero-order valence-electron chi connectivity index (χ0n) is 13.3. The molecule has 1 aromatic rings. The van der Waals surface area contributed by atoms with E-state index in [1.807, 2.05) is 0 Å². The summed E-state index contributed by atoms with van der Waals surface area (Å²) in [4.78, 5) is 2.45. The van der Waals surface area contributed by atoms with Crippen LogP contribution in [0.3, 0.4) is 0 Å². The molecular formula is C17H28N2O. The molecule has 20 heavy (non-hydrogen) atoms. The zero-order valence-corrected chi connectivity index (χ0v) is 13.3. The first-order valence-electron chi connectivity index (χ1n) is 7.62. The first-order chi connectivity index (χ1) is 9.53. The van der Waals surface area contributed by atoms with E-state index in [2.05, 4.69) is 44.0 Å². The fourth-order valence-corrected chi connectivity index (χ4v) is 3.53. The number of hydrogen-bond donors (Lipinski definition) is 1. The summed E-state index contributed by atoms with van der Waals surface area (Å²) in [5.41, 5.74) is 9.00. The Labute approximate surface area is 123 Å². The van der Waals surface area contributed by atoms with Gasteiger partial charge in [-0.15, -0.1) is 0 Å². The van der Waals surface area contributed by atoms with Crippen LogP contribution in [-0.4, -0.2) is 32.1 Å². The van der Waals surface area contributed by atoms with Crippen molar-refractivity contribution in [3.05, 3.63) is 29.3 Å². The van der Waals surface area contributed by atoms with Crippen LogP contribution in [0.4, 0.5) is 0 Å². The van der Waals surface area contributed by atoms with E-state index in [0.29, 0.717) is 12.5 Å². The number of aryl methyl sites for hydroxylation is 1. The van der Waals surface area contributed by atoms with Gasteiger partial charge in [0, 0.05) is 13.1 Å². The topological polar surface area (TPSA) is 38.5 Å². The van der Waals surface area contributed by atoms with Gasteiger partial charge in [0.25, 0.3) is 0 Å². The minimum atomic E-state index is -0.0353. The number of methoxy groups -OCH3 is 1. The molecule has 0 saturated heterocycles. The van der Waals surface area contributed by atoms with Crippen LogP contribution in [0.1, 0.15) is 37.8 Å². The van der Waals surface area contributed by atoms with Crippen LogP contribution in [0.25, 0.3) is 0 Å². The van der Waals surface area contributed by atoms with Gasteiger partial charge >= 0.3 is 0 Å². The number of fused-ring (bicyclic) bond motifs is 1. The molecule has 2 rings (SSSR count).